The van der Waals surface area contributed by atoms with Crippen molar-refractivity contribution in [1.82, 2.24) is 9.97 Å². The number of hydrogen-bond acceptors (Lipinski definition) is 6. The SMILES string of the molecule is NC1=NC(C=Cc2ccc(Nc3ncc(C4CCC4)cn3)cc2)CO1. The van der Waals surface area contributed by atoms with Crippen molar-refractivity contribution in [3.8, 4) is 0 Å². The maximum atomic E-state index is 5.50. The van der Waals surface area contributed by atoms with Crippen molar-refractivity contribution in [3.63, 3.8) is 0 Å². The van der Waals surface area contributed by atoms with Crippen LogP contribution < -0.4 is 11.1 Å². The molecule has 1 unspecified atom stereocenters. The van der Waals surface area contributed by atoms with E-state index in [4.69, 9.17) is 10.5 Å². The molecule has 1 fully saturated rings. The summed E-state index contributed by atoms with van der Waals surface area (Å²) in [5, 5.41) is 3.23. The Morgan fingerprint density at radius 2 is 1.88 bits per heavy atom. The van der Waals surface area contributed by atoms with Crippen LogP contribution in [0.5, 0.6) is 0 Å². The third-order valence-electron chi connectivity index (χ3n) is 4.62. The molecule has 1 aliphatic heterocycles. The molecular weight excluding hydrogens is 314 g/mol. The Kier molecular flexibility index (Phi) is 4.33. The van der Waals surface area contributed by atoms with Crippen molar-refractivity contribution >= 4 is 23.7 Å². The van der Waals surface area contributed by atoms with Crippen LogP contribution in [0.2, 0.25) is 0 Å². The first-order valence-electron chi connectivity index (χ1n) is 8.59. The Morgan fingerprint density at radius 3 is 2.48 bits per heavy atom. The fourth-order valence-corrected chi connectivity index (χ4v) is 2.89. The molecule has 1 aromatic carbocycles. The molecule has 6 heteroatoms. The Hall–Kier alpha value is -2.89. The van der Waals surface area contributed by atoms with E-state index in [1.165, 1.54) is 24.8 Å². The average Bonchev–Trinajstić information content (AvgIpc) is 3.00. The lowest BCUT2D eigenvalue weighted by Crippen LogP contribution is -2.10. The highest BCUT2D eigenvalue weighted by atomic mass is 16.5. The van der Waals surface area contributed by atoms with Gasteiger partial charge in [0.1, 0.15) is 12.6 Å². The predicted molar refractivity (Wildman–Crippen MR) is 98.7 cm³/mol. The van der Waals surface area contributed by atoms with Crippen LogP contribution in [0.4, 0.5) is 11.6 Å². The summed E-state index contributed by atoms with van der Waals surface area (Å²) in [6.45, 7) is 0.510. The molecule has 6 nitrogen and oxygen atoms in total. The molecule has 3 N–H and O–H groups in total. The van der Waals surface area contributed by atoms with Crippen molar-refractivity contribution in [2.24, 2.45) is 10.7 Å². The molecule has 128 valence electrons. The molecule has 0 amide bonds. The maximum Gasteiger partial charge on any atom is 0.282 e. The molecule has 0 spiro atoms. The van der Waals surface area contributed by atoms with E-state index in [0.29, 0.717) is 18.5 Å². The number of aromatic nitrogens is 2. The molecule has 4 rings (SSSR count). The van der Waals surface area contributed by atoms with Crippen molar-refractivity contribution < 1.29 is 4.74 Å². The largest absolute Gasteiger partial charge is 0.463 e. The summed E-state index contributed by atoms with van der Waals surface area (Å²) in [7, 11) is 0. The van der Waals surface area contributed by atoms with Gasteiger partial charge in [0.25, 0.3) is 6.02 Å². The summed E-state index contributed by atoms with van der Waals surface area (Å²) in [6.07, 6.45) is 11.7. The average molecular weight is 335 g/mol. The second-order valence-corrected chi connectivity index (χ2v) is 6.42. The summed E-state index contributed by atoms with van der Waals surface area (Å²) >= 11 is 0. The minimum atomic E-state index is 0.000355. The first-order chi connectivity index (χ1) is 12.3. The molecule has 2 heterocycles. The minimum absolute atomic E-state index is 0.000355. The van der Waals surface area contributed by atoms with Gasteiger partial charge >= 0.3 is 0 Å². The van der Waals surface area contributed by atoms with E-state index in [9.17, 15) is 0 Å². The summed E-state index contributed by atoms with van der Waals surface area (Å²) in [5.41, 5.74) is 8.79. The number of nitrogens with two attached hydrogens (primary N) is 1. The fraction of sp³-hybridized carbons (Fsp3) is 0.316. The molecule has 1 saturated carbocycles. The van der Waals surface area contributed by atoms with Gasteiger partial charge in [-0.05, 0) is 42.0 Å². The van der Waals surface area contributed by atoms with Crippen molar-refractivity contribution in [1.29, 1.82) is 0 Å². The molecule has 1 atom stereocenters. The highest BCUT2D eigenvalue weighted by molar-refractivity contribution is 5.73. The first-order valence-corrected chi connectivity index (χ1v) is 8.59. The third-order valence-corrected chi connectivity index (χ3v) is 4.62. The number of amidine groups is 1. The lowest BCUT2D eigenvalue weighted by Gasteiger charge is -2.24. The number of rotatable bonds is 5. The topological polar surface area (TPSA) is 85.4 Å². The van der Waals surface area contributed by atoms with Crippen LogP contribution in [0.1, 0.15) is 36.3 Å². The normalized spacial score (nSPS) is 20.2. The monoisotopic (exact) mass is 335 g/mol. The second kappa shape index (κ2) is 6.93. The highest BCUT2D eigenvalue weighted by Gasteiger charge is 2.19. The number of nitrogens with one attached hydrogen (secondary N) is 1. The van der Waals surface area contributed by atoms with E-state index in [0.717, 1.165) is 11.3 Å². The molecule has 1 aromatic heterocycles. The number of aliphatic imine (C=N–C) groups is 1. The Balaban J connectivity index is 1.36. The van der Waals surface area contributed by atoms with Gasteiger partial charge in [-0.2, -0.15) is 0 Å². The molecule has 25 heavy (non-hydrogen) atoms. The minimum Gasteiger partial charge on any atom is -0.463 e. The molecule has 0 bridgehead atoms. The molecule has 1 aliphatic carbocycles. The van der Waals surface area contributed by atoms with Crippen molar-refractivity contribution in [3.05, 3.63) is 53.9 Å². The van der Waals surface area contributed by atoms with Gasteiger partial charge in [-0.3, -0.25) is 0 Å². The Bertz CT molecular complexity index is 778. The zero-order valence-electron chi connectivity index (χ0n) is 13.9. The van der Waals surface area contributed by atoms with Gasteiger partial charge in [0.2, 0.25) is 5.95 Å². The van der Waals surface area contributed by atoms with Crippen LogP contribution in [0.3, 0.4) is 0 Å². The summed E-state index contributed by atoms with van der Waals surface area (Å²) in [6, 6.07) is 8.34. The van der Waals surface area contributed by atoms with Crippen LogP contribution in [-0.2, 0) is 4.74 Å². The number of benzene rings is 1. The smallest absolute Gasteiger partial charge is 0.282 e. The molecule has 0 saturated heterocycles. The molecule has 2 aromatic rings. The number of anilines is 2. The lowest BCUT2D eigenvalue weighted by molar-refractivity contribution is 0.327. The van der Waals surface area contributed by atoms with Gasteiger partial charge in [-0.15, -0.1) is 0 Å². The molecule has 0 radical (unpaired) electrons. The highest BCUT2D eigenvalue weighted by Crippen LogP contribution is 2.35. The van der Waals surface area contributed by atoms with Crippen LogP contribution in [0, 0.1) is 0 Å². The zero-order chi connectivity index (χ0) is 17.1. The van der Waals surface area contributed by atoms with Crippen molar-refractivity contribution in [2.75, 3.05) is 11.9 Å². The van der Waals surface area contributed by atoms with Gasteiger partial charge in [0, 0.05) is 18.1 Å². The maximum absolute atomic E-state index is 5.50. The lowest BCUT2D eigenvalue weighted by atomic mass is 9.81. The van der Waals surface area contributed by atoms with Crippen LogP contribution in [-0.4, -0.2) is 28.6 Å². The number of nitrogens with zero attached hydrogens (tertiary/aromatic N) is 3. The standard InChI is InChI=1S/C19H21N5O/c20-18-23-17(12-25-18)9-6-13-4-7-16(8-5-13)24-19-21-10-15(11-22-19)14-2-1-3-14/h4-11,14,17H,1-3,12H2,(H2,20,23)(H,21,22,24). The van der Waals surface area contributed by atoms with Crippen LogP contribution in [0.15, 0.2) is 47.7 Å². The van der Waals surface area contributed by atoms with E-state index in [-0.39, 0.29) is 12.1 Å². The fourth-order valence-electron chi connectivity index (χ4n) is 2.89. The van der Waals surface area contributed by atoms with E-state index >= 15 is 0 Å². The van der Waals surface area contributed by atoms with Crippen molar-refractivity contribution in [2.45, 2.75) is 31.2 Å². The third kappa shape index (κ3) is 3.79. The van der Waals surface area contributed by atoms with Crippen LogP contribution in [0.25, 0.3) is 6.08 Å². The summed E-state index contributed by atoms with van der Waals surface area (Å²) in [4.78, 5) is 13.0. The van der Waals surface area contributed by atoms with Crippen LogP contribution >= 0.6 is 0 Å². The van der Waals surface area contributed by atoms with E-state index in [2.05, 4.69) is 20.3 Å². The van der Waals surface area contributed by atoms with Gasteiger partial charge in [0.15, 0.2) is 0 Å². The second-order valence-electron chi connectivity index (χ2n) is 6.42. The van der Waals surface area contributed by atoms with E-state index in [1.807, 2.05) is 48.8 Å². The number of ether oxygens (including phenoxy) is 1. The van der Waals surface area contributed by atoms with Gasteiger partial charge in [-0.1, -0.05) is 30.7 Å². The van der Waals surface area contributed by atoms with Gasteiger partial charge < -0.3 is 15.8 Å². The van der Waals surface area contributed by atoms with Gasteiger partial charge in [0.05, 0.1) is 0 Å². The zero-order valence-corrected chi connectivity index (χ0v) is 13.9. The van der Waals surface area contributed by atoms with Gasteiger partial charge in [-0.25, -0.2) is 15.0 Å². The van der Waals surface area contributed by atoms with E-state index in [1.54, 1.807) is 0 Å². The Labute approximate surface area is 146 Å². The van der Waals surface area contributed by atoms with E-state index < -0.39 is 0 Å². The molecular formula is C19H21N5O. The number of hydrogen-bond donors (Lipinski definition) is 2. The Morgan fingerprint density at radius 1 is 1.12 bits per heavy atom. The summed E-state index contributed by atoms with van der Waals surface area (Å²) < 4.78 is 5.13. The quantitative estimate of drug-likeness (QED) is 0.876. The predicted octanol–water partition coefficient (Wildman–Crippen LogP) is 3.21. The molecule has 2 aliphatic rings. The summed E-state index contributed by atoms with van der Waals surface area (Å²) in [5.74, 6) is 1.28. The first kappa shape index (κ1) is 15.6.